The normalized spacial score (nSPS) is 15.2. The van der Waals surface area contributed by atoms with Crippen LogP contribution in [0.1, 0.15) is 63.0 Å². The molecule has 3 rings (SSSR count). The third-order valence-electron chi connectivity index (χ3n) is 6.75. The van der Waals surface area contributed by atoms with E-state index in [4.69, 9.17) is 4.74 Å². The molecular formula is C29H38F3N3O4. The first-order valence-electron chi connectivity index (χ1n) is 13.3. The summed E-state index contributed by atoms with van der Waals surface area (Å²) in [4.78, 5) is 26.8. The van der Waals surface area contributed by atoms with E-state index in [1.165, 1.54) is 0 Å². The summed E-state index contributed by atoms with van der Waals surface area (Å²) in [7, 11) is 0. The molecule has 39 heavy (non-hydrogen) atoms. The SMILES string of the molecule is Cc1ccc(NC(=O)Nc2cc(C(CCC(F)(F)F)CC(=O)O)ccc2N(CC(C)C)C2CCOCC2)cc1. The second-order valence-corrected chi connectivity index (χ2v) is 10.6. The average molecular weight is 550 g/mol. The van der Waals surface area contributed by atoms with Crippen LogP contribution in [0.4, 0.5) is 35.0 Å². The Bertz CT molecular complexity index is 1100. The van der Waals surface area contributed by atoms with Gasteiger partial charge in [-0.25, -0.2) is 4.79 Å². The average Bonchev–Trinajstić information content (AvgIpc) is 2.86. The van der Waals surface area contributed by atoms with Crippen LogP contribution in [0.3, 0.4) is 0 Å². The van der Waals surface area contributed by atoms with E-state index in [-0.39, 0.29) is 12.5 Å². The number of rotatable bonds is 11. The number of anilines is 3. The molecule has 214 valence electrons. The number of amides is 2. The Labute approximate surface area is 227 Å². The van der Waals surface area contributed by atoms with Crippen molar-refractivity contribution in [1.29, 1.82) is 0 Å². The van der Waals surface area contributed by atoms with Gasteiger partial charge in [-0.15, -0.1) is 0 Å². The maximum atomic E-state index is 13.1. The van der Waals surface area contributed by atoms with Crippen LogP contribution in [0.15, 0.2) is 42.5 Å². The minimum absolute atomic E-state index is 0.160. The molecule has 1 aliphatic rings. The maximum absolute atomic E-state index is 13.1. The van der Waals surface area contributed by atoms with Crippen molar-refractivity contribution in [2.75, 3.05) is 35.3 Å². The Morgan fingerprint density at radius 3 is 2.33 bits per heavy atom. The number of nitrogens with zero attached hydrogens (tertiary/aromatic N) is 1. The summed E-state index contributed by atoms with van der Waals surface area (Å²) in [5, 5.41) is 15.1. The molecular weight excluding hydrogens is 511 g/mol. The molecule has 1 aliphatic heterocycles. The standard InChI is InChI=1S/C29H38F3N3O4/c1-19(2)18-35(24-11-14-39-15-12-24)26-9-6-21(22(17-27(36)37)10-13-29(30,31)32)16-25(26)34-28(38)33-23-7-4-20(3)5-8-23/h4-9,16,19,22,24H,10-15,17-18H2,1-3H3,(H,36,37)(H2,33,34,38). The monoisotopic (exact) mass is 549 g/mol. The topological polar surface area (TPSA) is 90.9 Å². The highest BCUT2D eigenvalue weighted by atomic mass is 19.4. The zero-order valence-electron chi connectivity index (χ0n) is 22.7. The quantitative estimate of drug-likeness (QED) is 0.276. The van der Waals surface area contributed by atoms with Crippen molar-refractivity contribution >= 4 is 29.1 Å². The van der Waals surface area contributed by atoms with Crippen LogP contribution < -0.4 is 15.5 Å². The smallest absolute Gasteiger partial charge is 0.389 e. The van der Waals surface area contributed by atoms with Crippen LogP contribution >= 0.6 is 0 Å². The predicted octanol–water partition coefficient (Wildman–Crippen LogP) is 7.18. The number of benzene rings is 2. The molecule has 10 heteroatoms. The number of hydrogen-bond acceptors (Lipinski definition) is 4. The van der Waals surface area contributed by atoms with E-state index in [1.807, 2.05) is 19.1 Å². The van der Waals surface area contributed by atoms with Gasteiger partial charge in [0.25, 0.3) is 0 Å². The molecule has 2 aromatic rings. The zero-order valence-corrected chi connectivity index (χ0v) is 22.7. The van der Waals surface area contributed by atoms with Crippen LogP contribution in [-0.2, 0) is 9.53 Å². The summed E-state index contributed by atoms with van der Waals surface area (Å²) in [6, 6.07) is 12.1. The van der Waals surface area contributed by atoms with Crippen LogP contribution in [-0.4, -0.2) is 49.1 Å². The van der Waals surface area contributed by atoms with Crippen LogP contribution in [0.2, 0.25) is 0 Å². The molecule has 0 bridgehead atoms. The molecule has 3 N–H and O–H groups in total. The van der Waals surface area contributed by atoms with E-state index in [2.05, 4.69) is 29.4 Å². The van der Waals surface area contributed by atoms with Crippen molar-refractivity contribution in [3.05, 3.63) is 53.6 Å². The highest BCUT2D eigenvalue weighted by Crippen LogP contribution is 2.37. The molecule has 0 aromatic heterocycles. The fourth-order valence-electron chi connectivity index (χ4n) is 4.85. The number of carboxylic acids is 1. The Kier molecular flexibility index (Phi) is 10.6. The van der Waals surface area contributed by atoms with E-state index in [1.54, 1.807) is 30.3 Å². The number of hydrogen-bond donors (Lipinski definition) is 3. The van der Waals surface area contributed by atoms with Gasteiger partial charge in [0.1, 0.15) is 0 Å². The lowest BCUT2D eigenvalue weighted by Crippen LogP contribution is -2.42. The number of carbonyl (C=O) groups is 2. The molecule has 1 fully saturated rings. The van der Waals surface area contributed by atoms with Gasteiger partial charge in [-0.2, -0.15) is 13.2 Å². The third-order valence-corrected chi connectivity index (χ3v) is 6.75. The second kappa shape index (κ2) is 13.7. The third kappa shape index (κ3) is 9.76. The highest BCUT2D eigenvalue weighted by molar-refractivity contribution is 6.02. The Balaban J connectivity index is 1.99. The lowest BCUT2D eigenvalue weighted by atomic mass is 9.90. The van der Waals surface area contributed by atoms with Crippen molar-refractivity contribution in [2.45, 2.75) is 71.0 Å². The van der Waals surface area contributed by atoms with Crippen molar-refractivity contribution in [2.24, 2.45) is 5.92 Å². The first-order valence-corrected chi connectivity index (χ1v) is 13.3. The van der Waals surface area contributed by atoms with Gasteiger partial charge in [-0.3, -0.25) is 4.79 Å². The van der Waals surface area contributed by atoms with Crippen LogP contribution in [0.25, 0.3) is 0 Å². The number of aryl methyl sites for hydroxylation is 1. The van der Waals surface area contributed by atoms with Gasteiger partial charge in [0.15, 0.2) is 0 Å². The summed E-state index contributed by atoms with van der Waals surface area (Å²) in [6.07, 6.45) is -4.69. The maximum Gasteiger partial charge on any atom is 0.389 e. The van der Waals surface area contributed by atoms with Gasteiger partial charge >= 0.3 is 18.2 Å². The molecule has 1 heterocycles. The Hall–Kier alpha value is -3.27. The fourth-order valence-corrected chi connectivity index (χ4v) is 4.85. The molecule has 1 saturated heterocycles. The first-order chi connectivity index (χ1) is 18.4. The van der Waals surface area contributed by atoms with Gasteiger partial charge in [0, 0.05) is 37.9 Å². The first kappa shape index (κ1) is 30.3. The van der Waals surface area contributed by atoms with Crippen molar-refractivity contribution < 1.29 is 32.6 Å². The molecule has 0 radical (unpaired) electrons. The zero-order chi connectivity index (χ0) is 28.6. The molecule has 1 atom stereocenters. The van der Waals surface area contributed by atoms with Gasteiger partial charge in [-0.05, 0) is 67.9 Å². The van der Waals surface area contributed by atoms with E-state index in [0.717, 1.165) is 24.1 Å². The Morgan fingerprint density at radius 1 is 1.08 bits per heavy atom. The molecule has 0 aliphatic carbocycles. The molecule has 1 unspecified atom stereocenters. The molecule has 7 nitrogen and oxygen atoms in total. The number of ether oxygens (including phenoxy) is 1. The second-order valence-electron chi connectivity index (χ2n) is 10.6. The van der Waals surface area contributed by atoms with Crippen molar-refractivity contribution in [3.8, 4) is 0 Å². The number of alkyl halides is 3. The van der Waals surface area contributed by atoms with Crippen molar-refractivity contribution in [1.82, 2.24) is 0 Å². The van der Waals surface area contributed by atoms with Crippen LogP contribution in [0.5, 0.6) is 0 Å². The van der Waals surface area contributed by atoms with Crippen LogP contribution in [0, 0.1) is 12.8 Å². The summed E-state index contributed by atoms with van der Waals surface area (Å²) in [5.41, 5.74) is 3.23. The number of halogens is 3. The number of aliphatic carboxylic acids is 1. The number of carboxylic acid groups (broad SMARTS) is 1. The van der Waals surface area contributed by atoms with Gasteiger partial charge < -0.3 is 25.4 Å². The molecule has 0 saturated carbocycles. The fraction of sp³-hybridized carbons (Fsp3) is 0.517. The van der Waals surface area contributed by atoms with Gasteiger partial charge in [0.05, 0.1) is 17.8 Å². The van der Waals surface area contributed by atoms with Gasteiger partial charge in [0.2, 0.25) is 0 Å². The number of nitrogens with one attached hydrogen (secondary N) is 2. The highest BCUT2D eigenvalue weighted by Gasteiger charge is 2.31. The predicted molar refractivity (Wildman–Crippen MR) is 147 cm³/mol. The summed E-state index contributed by atoms with van der Waals surface area (Å²) in [5.74, 6) is -1.74. The largest absolute Gasteiger partial charge is 0.481 e. The number of carbonyl (C=O) groups excluding carboxylic acids is 1. The lowest BCUT2D eigenvalue weighted by molar-refractivity contribution is -0.142. The molecule has 0 spiro atoms. The molecule has 2 amide bonds. The minimum atomic E-state index is -4.40. The minimum Gasteiger partial charge on any atom is -0.481 e. The van der Waals surface area contributed by atoms with E-state index in [9.17, 15) is 27.9 Å². The number of urea groups is 1. The molecule has 2 aromatic carbocycles. The Morgan fingerprint density at radius 2 is 1.74 bits per heavy atom. The van der Waals surface area contributed by atoms with E-state index < -0.39 is 36.9 Å². The van der Waals surface area contributed by atoms with Crippen molar-refractivity contribution in [3.63, 3.8) is 0 Å². The lowest BCUT2D eigenvalue weighted by Gasteiger charge is -2.38. The summed E-state index contributed by atoms with van der Waals surface area (Å²) in [6.45, 7) is 8.06. The van der Waals surface area contributed by atoms with E-state index >= 15 is 0 Å². The van der Waals surface area contributed by atoms with Gasteiger partial charge in [-0.1, -0.05) is 37.6 Å². The van der Waals surface area contributed by atoms with E-state index in [0.29, 0.717) is 42.6 Å². The summed E-state index contributed by atoms with van der Waals surface area (Å²) < 4.78 is 44.6. The summed E-state index contributed by atoms with van der Waals surface area (Å²) >= 11 is 0.